The molecule has 5 nitrogen and oxygen atoms in total. The molecule has 1 aliphatic rings. The minimum Gasteiger partial charge on any atom is -0.446 e. The summed E-state index contributed by atoms with van der Waals surface area (Å²) in [6.45, 7) is 3.46. The minimum atomic E-state index is -3.88. The fraction of sp³-hybridized carbons (Fsp3) is 0.105. The average molecular weight is 355 g/mol. The number of rotatable bonds is 4. The van der Waals surface area contributed by atoms with Gasteiger partial charge in [-0.1, -0.05) is 55.1 Å². The molecule has 1 atom stereocenters. The first-order chi connectivity index (χ1) is 11.9. The summed E-state index contributed by atoms with van der Waals surface area (Å²) in [5.74, 6) is -0.592. The second-order valence-electron chi connectivity index (χ2n) is 5.72. The van der Waals surface area contributed by atoms with Crippen LogP contribution in [0.2, 0.25) is 0 Å². The normalized spacial score (nSPS) is 19.1. The molecule has 3 rings (SSSR count). The first-order valence-electron chi connectivity index (χ1n) is 7.61. The summed E-state index contributed by atoms with van der Waals surface area (Å²) in [6.07, 6.45) is 5.30. The second kappa shape index (κ2) is 6.31. The van der Waals surface area contributed by atoms with Gasteiger partial charge in [0.2, 0.25) is 10.0 Å². The highest BCUT2D eigenvalue weighted by molar-refractivity contribution is 7.89. The average Bonchev–Trinajstić information content (AvgIpc) is 2.61. The largest absolute Gasteiger partial charge is 0.446 e. The van der Waals surface area contributed by atoms with Gasteiger partial charge >= 0.3 is 5.97 Å². The van der Waals surface area contributed by atoms with Crippen LogP contribution in [0.3, 0.4) is 0 Å². The van der Waals surface area contributed by atoms with E-state index in [9.17, 15) is 13.2 Å². The Morgan fingerprint density at radius 2 is 1.96 bits per heavy atom. The van der Waals surface area contributed by atoms with E-state index >= 15 is 0 Å². The van der Waals surface area contributed by atoms with E-state index in [1.807, 2.05) is 36.4 Å². The Morgan fingerprint density at radius 3 is 2.68 bits per heavy atom. The topological polar surface area (TPSA) is 86.5 Å². The molecule has 2 N–H and O–H groups in total. The number of nitrogens with two attached hydrogens (primary N) is 1. The van der Waals surface area contributed by atoms with Crippen LogP contribution < -0.4 is 5.14 Å². The Balaban J connectivity index is 2.26. The summed E-state index contributed by atoms with van der Waals surface area (Å²) in [5, 5.41) is 5.25. The Bertz CT molecular complexity index is 978. The van der Waals surface area contributed by atoms with E-state index in [-0.39, 0.29) is 4.90 Å². The molecule has 0 saturated carbocycles. The number of hydrogen-bond donors (Lipinski definition) is 1. The second-order valence-corrected chi connectivity index (χ2v) is 7.28. The molecule has 1 unspecified atom stereocenters. The lowest BCUT2D eigenvalue weighted by Gasteiger charge is -2.36. The summed E-state index contributed by atoms with van der Waals surface area (Å²) in [4.78, 5) is 12.0. The number of esters is 1. The lowest BCUT2D eigenvalue weighted by molar-refractivity contribution is -0.150. The Hall–Kier alpha value is -2.70. The maximum absolute atomic E-state index is 12.0. The minimum absolute atomic E-state index is 0.0361. The van der Waals surface area contributed by atoms with Gasteiger partial charge in [0.1, 0.15) is 0 Å². The van der Waals surface area contributed by atoms with Gasteiger partial charge in [-0.2, -0.15) is 0 Å². The van der Waals surface area contributed by atoms with Gasteiger partial charge in [0.05, 0.1) is 4.90 Å². The quantitative estimate of drug-likeness (QED) is 0.675. The van der Waals surface area contributed by atoms with Crippen molar-refractivity contribution >= 4 is 22.1 Å². The number of fused-ring (bicyclic) bond motifs is 1. The zero-order valence-electron chi connectivity index (χ0n) is 13.4. The van der Waals surface area contributed by atoms with Crippen molar-refractivity contribution in [2.24, 2.45) is 5.14 Å². The molecule has 0 aliphatic heterocycles. The van der Waals surface area contributed by atoms with E-state index in [1.165, 1.54) is 12.1 Å². The number of primary sulfonamides is 1. The van der Waals surface area contributed by atoms with Crippen LogP contribution in [0.4, 0.5) is 0 Å². The lowest BCUT2D eigenvalue weighted by atomic mass is 9.78. The Morgan fingerprint density at radius 1 is 1.20 bits per heavy atom. The van der Waals surface area contributed by atoms with Crippen LogP contribution >= 0.6 is 0 Å². The molecular formula is C19H17NO4S. The van der Waals surface area contributed by atoms with E-state index in [0.717, 1.165) is 17.2 Å². The van der Waals surface area contributed by atoms with Gasteiger partial charge in [0.15, 0.2) is 5.60 Å². The molecule has 128 valence electrons. The first-order valence-corrected chi connectivity index (χ1v) is 9.16. The molecule has 0 radical (unpaired) electrons. The highest BCUT2D eigenvalue weighted by Crippen LogP contribution is 2.43. The van der Waals surface area contributed by atoms with E-state index in [0.29, 0.717) is 12.0 Å². The zero-order valence-corrected chi connectivity index (χ0v) is 14.2. The molecule has 0 saturated heterocycles. The third kappa shape index (κ3) is 3.14. The van der Waals surface area contributed by atoms with Gasteiger partial charge in [-0.25, -0.2) is 18.4 Å². The van der Waals surface area contributed by atoms with E-state index in [1.54, 1.807) is 12.1 Å². The van der Waals surface area contributed by atoms with Crippen molar-refractivity contribution in [1.82, 2.24) is 0 Å². The van der Waals surface area contributed by atoms with Crippen LogP contribution in [0.15, 0.2) is 72.2 Å². The fourth-order valence-electron chi connectivity index (χ4n) is 3.04. The Labute approximate surface area is 146 Å². The standard InChI is InChI=1S/C19H17NO4S/c1-2-18(21)24-19(12-6-8-14-7-3-4-11-17(14)19)15-9-5-10-16(13-15)25(20,22)23/h2-11,13H,1,12H2,(H2,20,22,23). The number of carbonyl (C=O) groups excluding carboxylic acids is 1. The van der Waals surface area contributed by atoms with Gasteiger partial charge in [-0.3, -0.25) is 0 Å². The van der Waals surface area contributed by atoms with Gasteiger partial charge in [-0.15, -0.1) is 0 Å². The van der Waals surface area contributed by atoms with Crippen molar-refractivity contribution in [3.05, 3.63) is 84.0 Å². The molecule has 0 aromatic heterocycles. The molecule has 0 bridgehead atoms. The van der Waals surface area contributed by atoms with Crippen LogP contribution in [-0.4, -0.2) is 14.4 Å². The molecule has 0 spiro atoms. The van der Waals surface area contributed by atoms with Crippen LogP contribution in [0, 0.1) is 0 Å². The summed E-state index contributed by atoms with van der Waals surface area (Å²) < 4.78 is 29.2. The van der Waals surface area contributed by atoms with Crippen molar-refractivity contribution < 1.29 is 17.9 Å². The van der Waals surface area contributed by atoms with Gasteiger partial charge in [0, 0.05) is 23.6 Å². The van der Waals surface area contributed by atoms with Gasteiger partial charge in [-0.05, 0) is 17.7 Å². The molecule has 1 aliphatic carbocycles. The SMILES string of the molecule is C=CC(=O)OC1(c2cccc(S(N)(=O)=O)c2)CC=Cc2ccccc21. The Kier molecular flexibility index (Phi) is 4.32. The van der Waals surface area contributed by atoms with Crippen molar-refractivity contribution in [3.63, 3.8) is 0 Å². The summed E-state index contributed by atoms with van der Waals surface area (Å²) in [7, 11) is -3.88. The number of carbonyl (C=O) groups is 1. The fourth-order valence-corrected chi connectivity index (χ4v) is 3.60. The highest BCUT2D eigenvalue weighted by atomic mass is 32.2. The monoisotopic (exact) mass is 355 g/mol. The van der Waals surface area contributed by atoms with Crippen molar-refractivity contribution in [3.8, 4) is 0 Å². The van der Waals surface area contributed by atoms with E-state index in [4.69, 9.17) is 9.88 Å². The third-order valence-corrected chi connectivity index (χ3v) is 5.08. The van der Waals surface area contributed by atoms with Gasteiger partial charge in [0.25, 0.3) is 0 Å². The van der Waals surface area contributed by atoms with E-state index < -0.39 is 21.6 Å². The molecule has 0 amide bonds. The molecular weight excluding hydrogens is 338 g/mol. The molecule has 2 aromatic rings. The molecule has 25 heavy (non-hydrogen) atoms. The number of ether oxygens (including phenoxy) is 1. The highest BCUT2D eigenvalue weighted by Gasteiger charge is 2.40. The van der Waals surface area contributed by atoms with Crippen molar-refractivity contribution in [2.75, 3.05) is 0 Å². The smallest absolute Gasteiger partial charge is 0.331 e. The lowest BCUT2D eigenvalue weighted by Crippen LogP contribution is -2.35. The summed E-state index contributed by atoms with van der Waals surface area (Å²) in [5.41, 5.74) is 1.06. The molecule has 2 aromatic carbocycles. The third-order valence-electron chi connectivity index (χ3n) is 4.17. The zero-order chi connectivity index (χ0) is 18.1. The predicted molar refractivity (Wildman–Crippen MR) is 95.0 cm³/mol. The van der Waals surface area contributed by atoms with Gasteiger partial charge < -0.3 is 4.74 Å². The maximum Gasteiger partial charge on any atom is 0.331 e. The maximum atomic E-state index is 12.0. The molecule has 6 heteroatoms. The summed E-state index contributed by atoms with van der Waals surface area (Å²) in [6, 6.07) is 13.7. The van der Waals surface area contributed by atoms with Crippen molar-refractivity contribution in [2.45, 2.75) is 16.9 Å². The first kappa shape index (κ1) is 17.1. The molecule has 0 fully saturated rings. The van der Waals surface area contributed by atoms with Crippen LogP contribution in [0.1, 0.15) is 23.1 Å². The summed E-state index contributed by atoms with van der Waals surface area (Å²) >= 11 is 0. The number of benzene rings is 2. The number of sulfonamides is 1. The predicted octanol–water partition coefficient (Wildman–Crippen LogP) is 2.72. The van der Waals surface area contributed by atoms with Crippen molar-refractivity contribution in [1.29, 1.82) is 0 Å². The molecule has 0 heterocycles. The van der Waals surface area contributed by atoms with Crippen LogP contribution in [-0.2, 0) is 25.2 Å². The van der Waals surface area contributed by atoms with Crippen LogP contribution in [0.25, 0.3) is 6.08 Å². The van der Waals surface area contributed by atoms with E-state index in [2.05, 4.69) is 6.58 Å². The van der Waals surface area contributed by atoms with Crippen LogP contribution in [0.5, 0.6) is 0 Å². The number of hydrogen-bond acceptors (Lipinski definition) is 4.